The Morgan fingerprint density at radius 3 is 3.21 bits per heavy atom. The number of thiazole rings is 1. The van der Waals surface area contributed by atoms with Gasteiger partial charge in [0, 0.05) is 17.6 Å². The van der Waals surface area contributed by atoms with E-state index in [1.165, 1.54) is 24.8 Å². The fraction of sp³-hybridized carbons (Fsp3) is 0.545. The van der Waals surface area contributed by atoms with Crippen molar-refractivity contribution in [2.24, 2.45) is 0 Å². The predicted molar refractivity (Wildman–Crippen MR) is 61.4 cm³/mol. The molecule has 0 bridgehead atoms. The van der Waals surface area contributed by atoms with Crippen molar-refractivity contribution in [2.75, 3.05) is 6.54 Å². The maximum absolute atomic E-state index is 4.27. The van der Waals surface area contributed by atoms with E-state index in [2.05, 4.69) is 23.3 Å². The van der Waals surface area contributed by atoms with E-state index in [4.69, 9.17) is 0 Å². The molecule has 1 atom stereocenters. The molecule has 14 heavy (non-hydrogen) atoms. The average Bonchev–Trinajstić information content (AvgIpc) is 2.72. The standard InChI is InChI=1S/C11H16N2S/c1-9(8-11-13-6-7-14-11)10-4-2-3-5-12-10/h6-8,10,12H,2-5H2,1H3/b9-8-. The molecule has 2 heterocycles. The van der Waals surface area contributed by atoms with Crippen molar-refractivity contribution < 1.29 is 0 Å². The zero-order valence-corrected chi connectivity index (χ0v) is 9.31. The number of rotatable bonds is 2. The summed E-state index contributed by atoms with van der Waals surface area (Å²) in [5.74, 6) is 0. The molecule has 0 aliphatic carbocycles. The molecule has 1 aliphatic rings. The highest BCUT2D eigenvalue weighted by atomic mass is 32.1. The van der Waals surface area contributed by atoms with Gasteiger partial charge >= 0.3 is 0 Å². The van der Waals surface area contributed by atoms with Crippen molar-refractivity contribution in [2.45, 2.75) is 32.2 Å². The maximum atomic E-state index is 4.27. The summed E-state index contributed by atoms with van der Waals surface area (Å²) in [4.78, 5) is 4.27. The number of hydrogen-bond acceptors (Lipinski definition) is 3. The zero-order valence-electron chi connectivity index (χ0n) is 8.49. The molecule has 1 aromatic rings. The summed E-state index contributed by atoms with van der Waals surface area (Å²) >= 11 is 1.70. The Morgan fingerprint density at radius 2 is 2.57 bits per heavy atom. The third-order valence-corrected chi connectivity index (χ3v) is 3.39. The molecule has 2 nitrogen and oxygen atoms in total. The van der Waals surface area contributed by atoms with Gasteiger partial charge in [0.25, 0.3) is 0 Å². The highest BCUT2D eigenvalue weighted by Gasteiger charge is 2.13. The summed E-state index contributed by atoms with van der Waals surface area (Å²) in [5.41, 5.74) is 1.42. The molecule has 1 aliphatic heterocycles. The lowest BCUT2D eigenvalue weighted by Gasteiger charge is -2.24. The maximum Gasteiger partial charge on any atom is 0.115 e. The van der Waals surface area contributed by atoms with Crippen molar-refractivity contribution in [3.05, 3.63) is 22.2 Å². The Bertz CT molecular complexity index is 297. The molecule has 1 fully saturated rings. The Kier molecular flexibility index (Phi) is 3.32. The van der Waals surface area contributed by atoms with Crippen LogP contribution in [0.5, 0.6) is 0 Å². The average molecular weight is 208 g/mol. The van der Waals surface area contributed by atoms with E-state index >= 15 is 0 Å². The summed E-state index contributed by atoms with van der Waals surface area (Å²) in [6, 6.07) is 0.577. The largest absolute Gasteiger partial charge is 0.310 e. The lowest BCUT2D eigenvalue weighted by atomic mass is 9.98. The summed E-state index contributed by atoms with van der Waals surface area (Å²) in [7, 11) is 0. The first-order chi connectivity index (χ1) is 6.86. The zero-order chi connectivity index (χ0) is 9.80. The number of nitrogens with zero attached hydrogens (tertiary/aromatic N) is 1. The normalized spacial score (nSPS) is 23.8. The van der Waals surface area contributed by atoms with E-state index < -0.39 is 0 Å². The first-order valence-electron chi connectivity index (χ1n) is 5.17. The van der Waals surface area contributed by atoms with Crippen LogP contribution in [0.3, 0.4) is 0 Å². The van der Waals surface area contributed by atoms with Gasteiger partial charge in [0.2, 0.25) is 0 Å². The van der Waals surface area contributed by atoms with Crippen LogP contribution in [0, 0.1) is 0 Å². The molecule has 76 valence electrons. The number of hydrogen-bond donors (Lipinski definition) is 1. The second kappa shape index (κ2) is 4.71. The number of piperidine rings is 1. The first kappa shape index (κ1) is 9.87. The van der Waals surface area contributed by atoms with Crippen LogP contribution in [0.25, 0.3) is 6.08 Å². The molecule has 3 heteroatoms. The van der Waals surface area contributed by atoms with Crippen LogP contribution in [0.1, 0.15) is 31.2 Å². The predicted octanol–water partition coefficient (Wildman–Crippen LogP) is 2.69. The van der Waals surface area contributed by atoms with Crippen molar-refractivity contribution in [3.8, 4) is 0 Å². The van der Waals surface area contributed by atoms with Crippen LogP contribution in [0.2, 0.25) is 0 Å². The van der Waals surface area contributed by atoms with E-state index in [0.29, 0.717) is 6.04 Å². The lowest BCUT2D eigenvalue weighted by molar-refractivity contribution is 0.441. The van der Waals surface area contributed by atoms with Gasteiger partial charge in [-0.1, -0.05) is 12.0 Å². The Labute approximate surface area is 89.1 Å². The molecule has 1 unspecified atom stereocenters. The topological polar surface area (TPSA) is 24.9 Å². The SMILES string of the molecule is C/C(=C/c1nccs1)C1CCCCN1. The molecule has 0 saturated carbocycles. The van der Waals surface area contributed by atoms with Crippen LogP contribution >= 0.6 is 11.3 Å². The van der Waals surface area contributed by atoms with E-state index in [9.17, 15) is 0 Å². The van der Waals surface area contributed by atoms with E-state index in [1.54, 1.807) is 11.3 Å². The third-order valence-electron chi connectivity index (χ3n) is 2.66. The van der Waals surface area contributed by atoms with E-state index in [-0.39, 0.29) is 0 Å². The summed E-state index contributed by atoms with van der Waals surface area (Å²) < 4.78 is 0. The first-order valence-corrected chi connectivity index (χ1v) is 6.05. The van der Waals surface area contributed by atoms with Crippen molar-refractivity contribution in [3.63, 3.8) is 0 Å². The molecule has 0 radical (unpaired) electrons. The van der Waals surface area contributed by atoms with Gasteiger partial charge in [-0.3, -0.25) is 0 Å². The minimum Gasteiger partial charge on any atom is -0.310 e. The minimum atomic E-state index is 0.577. The molecule has 0 aromatic carbocycles. The molecule has 2 rings (SSSR count). The van der Waals surface area contributed by atoms with Crippen LogP contribution < -0.4 is 5.32 Å². The van der Waals surface area contributed by atoms with E-state index in [1.807, 2.05) is 11.6 Å². The van der Waals surface area contributed by atoms with E-state index in [0.717, 1.165) is 11.6 Å². The van der Waals surface area contributed by atoms with Crippen LogP contribution in [-0.2, 0) is 0 Å². The molecule has 0 amide bonds. The number of nitrogens with one attached hydrogen (secondary N) is 1. The van der Waals surface area contributed by atoms with Gasteiger partial charge in [-0.25, -0.2) is 4.98 Å². The quantitative estimate of drug-likeness (QED) is 0.808. The van der Waals surface area contributed by atoms with Gasteiger partial charge in [0.1, 0.15) is 5.01 Å². The third kappa shape index (κ3) is 2.42. The summed E-state index contributed by atoms with van der Waals surface area (Å²) in [5, 5.41) is 6.68. The number of aromatic nitrogens is 1. The fourth-order valence-corrected chi connectivity index (χ4v) is 2.48. The van der Waals surface area contributed by atoms with Crippen molar-refractivity contribution >= 4 is 17.4 Å². The molecular formula is C11H16N2S. The Hall–Kier alpha value is -0.670. The minimum absolute atomic E-state index is 0.577. The van der Waals surface area contributed by atoms with Crippen LogP contribution in [0.15, 0.2) is 17.2 Å². The highest BCUT2D eigenvalue weighted by Crippen LogP contribution is 2.17. The van der Waals surface area contributed by atoms with Crippen LogP contribution in [0.4, 0.5) is 0 Å². The fourth-order valence-electron chi connectivity index (χ4n) is 1.84. The molecule has 0 spiro atoms. The van der Waals surface area contributed by atoms with Gasteiger partial charge in [-0.15, -0.1) is 11.3 Å². The molecule has 1 saturated heterocycles. The molecular weight excluding hydrogens is 192 g/mol. The summed E-state index contributed by atoms with van der Waals surface area (Å²) in [6.45, 7) is 3.36. The van der Waals surface area contributed by atoms with Crippen LogP contribution in [-0.4, -0.2) is 17.6 Å². The monoisotopic (exact) mass is 208 g/mol. The smallest absolute Gasteiger partial charge is 0.115 e. The van der Waals surface area contributed by atoms with Gasteiger partial charge in [0.15, 0.2) is 0 Å². The van der Waals surface area contributed by atoms with Gasteiger partial charge in [-0.2, -0.15) is 0 Å². The highest BCUT2D eigenvalue weighted by molar-refractivity contribution is 7.10. The van der Waals surface area contributed by atoms with Crippen molar-refractivity contribution in [1.82, 2.24) is 10.3 Å². The second-order valence-corrected chi connectivity index (χ2v) is 4.69. The van der Waals surface area contributed by atoms with Gasteiger partial charge < -0.3 is 5.32 Å². The van der Waals surface area contributed by atoms with Gasteiger partial charge in [-0.05, 0) is 32.4 Å². The summed E-state index contributed by atoms with van der Waals surface area (Å²) in [6.07, 6.45) is 8.00. The molecule has 1 aromatic heterocycles. The lowest BCUT2D eigenvalue weighted by Crippen LogP contribution is -2.34. The Balaban J connectivity index is 2.02. The Morgan fingerprint density at radius 1 is 1.64 bits per heavy atom. The van der Waals surface area contributed by atoms with Crippen molar-refractivity contribution in [1.29, 1.82) is 0 Å². The second-order valence-electron chi connectivity index (χ2n) is 3.76. The molecule has 1 N–H and O–H groups in total. The van der Waals surface area contributed by atoms with Gasteiger partial charge in [0.05, 0.1) is 0 Å².